The lowest BCUT2D eigenvalue weighted by atomic mass is 9.74. The van der Waals surface area contributed by atoms with Crippen LogP contribution in [0.25, 0.3) is 0 Å². The van der Waals surface area contributed by atoms with Crippen molar-refractivity contribution in [2.45, 2.75) is 60.4 Å². The summed E-state index contributed by atoms with van der Waals surface area (Å²) in [6, 6.07) is 0.647. The van der Waals surface area contributed by atoms with Crippen molar-refractivity contribution in [1.82, 2.24) is 5.32 Å². The predicted octanol–water partition coefficient (Wildman–Crippen LogP) is 3.45. The monoisotopic (exact) mass is 185 g/mol. The van der Waals surface area contributed by atoms with Crippen molar-refractivity contribution in [3.63, 3.8) is 0 Å². The summed E-state index contributed by atoms with van der Waals surface area (Å²) in [5.41, 5.74) is 0.469. The predicted molar refractivity (Wildman–Crippen MR) is 61.0 cm³/mol. The van der Waals surface area contributed by atoms with Crippen molar-refractivity contribution in [3.8, 4) is 0 Å². The van der Waals surface area contributed by atoms with Gasteiger partial charge in [-0.25, -0.2) is 0 Å². The van der Waals surface area contributed by atoms with Crippen LogP contribution in [0.2, 0.25) is 0 Å². The molecule has 0 bridgehead atoms. The van der Waals surface area contributed by atoms with Gasteiger partial charge in [-0.2, -0.15) is 0 Å². The molecule has 0 aromatic heterocycles. The Kier molecular flexibility index (Phi) is 5.62. The molecule has 0 aliphatic carbocycles. The molecule has 80 valence electrons. The van der Waals surface area contributed by atoms with E-state index in [1.165, 1.54) is 12.8 Å². The Morgan fingerprint density at radius 3 is 2.08 bits per heavy atom. The fraction of sp³-hybridized carbons (Fsp3) is 1.00. The van der Waals surface area contributed by atoms with Gasteiger partial charge in [0.05, 0.1) is 0 Å². The van der Waals surface area contributed by atoms with Crippen molar-refractivity contribution < 1.29 is 0 Å². The molecule has 2 atom stereocenters. The zero-order valence-corrected chi connectivity index (χ0v) is 10.3. The molecule has 13 heavy (non-hydrogen) atoms. The van der Waals surface area contributed by atoms with Gasteiger partial charge < -0.3 is 5.32 Å². The number of nitrogens with one attached hydrogen (secondary N) is 1. The summed E-state index contributed by atoms with van der Waals surface area (Å²) in [6.07, 6.45) is 2.56. The molecule has 0 saturated carbocycles. The van der Waals surface area contributed by atoms with Crippen LogP contribution in [0, 0.1) is 11.3 Å². The van der Waals surface area contributed by atoms with Crippen molar-refractivity contribution >= 4 is 0 Å². The minimum Gasteiger partial charge on any atom is -0.315 e. The van der Waals surface area contributed by atoms with Gasteiger partial charge in [-0.05, 0) is 31.2 Å². The fourth-order valence-corrected chi connectivity index (χ4v) is 1.96. The Hall–Kier alpha value is -0.0400. The second kappa shape index (κ2) is 5.64. The minimum absolute atomic E-state index is 0.469. The van der Waals surface area contributed by atoms with Gasteiger partial charge in [0.1, 0.15) is 0 Å². The highest BCUT2D eigenvalue weighted by Gasteiger charge is 2.26. The van der Waals surface area contributed by atoms with E-state index in [9.17, 15) is 0 Å². The van der Waals surface area contributed by atoms with E-state index >= 15 is 0 Å². The first-order chi connectivity index (χ1) is 5.94. The summed E-state index contributed by atoms with van der Waals surface area (Å²) in [7, 11) is 0. The summed E-state index contributed by atoms with van der Waals surface area (Å²) >= 11 is 0. The van der Waals surface area contributed by atoms with Crippen LogP contribution < -0.4 is 5.32 Å². The first-order valence-electron chi connectivity index (χ1n) is 5.67. The number of rotatable bonds is 6. The third-order valence-electron chi connectivity index (χ3n) is 3.33. The zero-order valence-electron chi connectivity index (χ0n) is 10.3. The molecule has 0 saturated heterocycles. The molecule has 1 heteroatoms. The SMILES string of the molecule is CCNC(C)CC(C)(C)C(C)CC. The molecule has 1 nitrogen and oxygen atoms in total. The largest absolute Gasteiger partial charge is 0.315 e. The fourth-order valence-electron chi connectivity index (χ4n) is 1.96. The van der Waals surface area contributed by atoms with Crippen LogP contribution in [0.15, 0.2) is 0 Å². The molecule has 0 aliphatic heterocycles. The van der Waals surface area contributed by atoms with Crippen LogP contribution in [0.4, 0.5) is 0 Å². The summed E-state index contributed by atoms with van der Waals surface area (Å²) in [5, 5.41) is 3.48. The third kappa shape index (κ3) is 4.66. The molecule has 0 fully saturated rings. The minimum atomic E-state index is 0.469. The average Bonchev–Trinajstić information content (AvgIpc) is 2.02. The van der Waals surface area contributed by atoms with Gasteiger partial charge >= 0.3 is 0 Å². The van der Waals surface area contributed by atoms with Crippen LogP contribution in [-0.4, -0.2) is 12.6 Å². The van der Waals surface area contributed by atoms with E-state index in [0.29, 0.717) is 11.5 Å². The van der Waals surface area contributed by atoms with Gasteiger partial charge in [0, 0.05) is 6.04 Å². The molecule has 0 aliphatic rings. The standard InChI is InChI=1S/C12H27N/c1-7-10(3)12(5,6)9-11(4)13-8-2/h10-11,13H,7-9H2,1-6H3. The van der Waals surface area contributed by atoms with Crippen molar-refractivity contribution in [1.29, 1.82) is 0 Å². The lowest BCUT2D eigenvalue weighted by Gasteiger charge is -2.34. The Morgan fingerprint density at radius 1 is 1.15 bits per heavy atom. The summed E-state index contributed by atoms with van der Waals surface area (Å²) in [6.45, 7) is 14.9. The van der Waals surface area contributed by atoms with Gasteiger partial charge in [-0.1, -0.05) is 41.0 Å². The van der Waals surface area contributed by atoms with E-state index in [-0.39, 0.29) is 0 Å². The molecule has 0 heterocycles. The van der Waals surface area contributed by atoms with Crippen LogP contribution in [0.1, 0.15) is 54.4 Å². The lowest BCUT2D eigenvalue weighted by Crippen LogP contribution is -2.33. The van der Waals surface area contributed by atoms with E-state index < -0.39 is 0 Å². The molecule has 1 N–H and O–H groups in total. The highest BCUT2D eigenvalue weighted by Crippen LogP contribution is 2.33. The number of hydrogen-bond donors (Lipinski definition) is 1. The highest BCUT2D eigenvalue weighted by molar-refractivity contribution is 4.78. The molecule has 0 amide bonds. The van der Waals surface area contributed by atoms with Crippen LogP contribution in [0.3, 0.4) is 0 Å². The second-order valence-electron chi connectivity index (χ2n) is 4.96. The molecule has 0 spiro atoms. The Bertz CT molecular complexity index is 129. The van der Waals surface area contributed by atoms with Gasteiger partial charge in [-0.15, -0.1) is 0 Å². The molecular formula is C12H27N. The highest BCUT2D eigenvalue weighted by atomic mass is 14.9. The molecule has 0 aromatic carbocycles. The van der Waals surface area contributed by atoms with Crippen LogP contribution >= 0.6 is 0 Å². The second-order valence-corrected chi connectivity index (χ2v) is 4.96. The van der Waals surface area contributed by atoms with Crippen molar-refractivity contribution in [3.05, 3.63) is 0 Å². The Morgan fingerprint density at radius 2 is 1.69 bits per heavy atom. The maximum Gasteiger partial charge on any atom is 0.00437 e. The topological polar surface area (TPSA) is 12.0 Å². The quantitative estimate of drug-likeness (QED) is 0.668. The van der Waals surface area contributed by atoms with E-state index in [1.54, 1.807) is 0 Å². The molecule has 0 radical (unpaired) electrons. The number of hydrogen-bond acceptors (Lipinski definition) is 1. The lowest BCUT2D eigenvalue weighted by molar-refractivity contribution is 0.185. The van der Waals surface area contributed by atoms with Crippen LogP contribution in [0.5, 0.6) is 0 Å². The van der Waals surface area contributed by atoms with E-state index in [1.807, 2.05) is 0 Å². The molecule has 0 aromatic rings. The van der Waals surface area contributed by atoms with Crippen molar-refractivity contribution in [2.75, 3.05) is 6.54 Å². The Labute approximate surface area is 84.3 Å². The first kappa shape index (κ1) is 13.0. The normalized spacial score (nSPS) is 17.1. The summed E-state index contributed by atoms with van der Waals surface area (Å²) < 4.78 is 0. The Balaban J connectivity index is 3.99. The zero-order chi connectivity index (χ0) is 10.5. The molecule has 2 unspecified atom stereocenters. The van der Waals surface area contributed by atoms with E-state index in [0.717, 1.165) is 12.5 Å². The smallest absolute Gasteiger partial charge is 0.00437 e. The van der Waals surface area contributed by atoms with Gasteiger partial charge in [0.2, 0.25) is 0 Å². The van der Waals surface area contributed by atoms with Gasteiger partial charge in [0.25, 0.3) is 0 Å². The van der Waals surface area contributed by atoms with Gasteiger partial charge in [-0.3, -0.25) is 0 Å². The van der Waals surface area contributed by atoms with E-state index in [2.05, 4.69) is 46.9 Å². The van der Waals surface area contributed by atoms with E-state index in [4.69, 9.17) is 0 Å². The molecular weight excluding hydrogens is 158 g/mol. The van der Waals surface area contributed by atoms with Crippen LogP contribution in [-0.2, 0) is 0 Å². The summed E-state index contributed by atoms with van der Waals surface area (Å²) in [5.74, 6) is 0.814. The maximum absolute atomic E-state index is 3.48. The average molecular weight is 185 g/mol. The van der Waals surface area contributed by atoms with Crippen molar-refractivity contribution in [2.24, 2.45) is 11.3 Å². The molecule has 0 rings (SSSR count). The third-order valence-corrected chi connectivity index (χ3v) is 3.33. The van der Waals surface area contributed by atoms with Gasteiger partial charge in [0.15, 0.2) is 0 Å². The maximum atomic E-state index is 3.48. The summed E-state index contributed by atoms with van der Waals surface area (Å²) in [4.78, 5) is 0. The first-order valence-corrected chi connectivity index (χ1v) is 5.67.